The highest BCUT2D eigenvalue weighted by Crippen LogP contribution is 2.02. The highest BCUT2D eigenvalue weighted by Gasteiger charge is 2.23. The number of methoxy groups -OCH3 is 2. The maximum absolute atomic E-state index is 11.4. The predicted molar refractivity (Wildman–Crippen MR) is 62.6 cm³/mol. The van der Waals surface area contributed by atoms with Crippen LogP contribution in [-0.4, -0.2) is 52.0 Å². The van der Waals surface area contributed by atoms with Gasteiger partial charge in [-0.3, -0.25) is 14.9 Å². The van der Waals surface area contributed by atoms with E-state index in [4.69, 9.17) is 4.89 Å². The van der Waals surface area contributed by atoms with Crippen LogP contribution in [0.2, 0.25) is 0 Å². The smallest absolute Gasteiger partial charge is 0.322 e. The Morgan fingerprint density at radius 2 is 1.83 bits per heavy atom. The second kappa shape index (κ2) is 9.81. The van der Waals surface area contributed by atoms with Crippen molar-refractivity contribution in [2.24, 2.45) is 0 Å². The van der Waals surface area contributed by atoms with E-state index in [1.807, 2.05) is 6.92 Å². The zero-order valence-electron chi connectivity index (χ0n) is 11.2. The molecule has 18 heavy (non-hydrogen) atoms. The van der Waals surface area contributed by atoms with E-state index in [1.165, 1.54) is 21.3 Å². The number of hydrogen-bond acceptors (Lipinski definition) is 7. The second-order valence-corrected chi connectivity index (χ2v) is 3.58. The number of rotatable bonds is 9. The third kappa shape index (κ3) is 6.53. The van der Waals surface area contributed by atoms with E-state index in [2.05, 4.69) is 19.7 Å². The van der Waals surface area contributed by atoms with Crippen molar-refractivity contribution >= 4 is 11.9 Å². The molecule has 0 fully saturated rings. The van der Waals surface area contributed by atoms with E-state index in [-0.39, 0.29) is 25.0 Å². The normalized spacial score (nSPS) is 13.8. The van der Waals surface area contributed by atoms with Gasteiger partial charge in [-0.2, -0.15) is 0 Å². The Hall–Kier alpha value is -1.18. The van der Waals surface area contributed by atoms with Gasteiger partial charge in [0.2, 0.25) is 0 Å². The third-order valence-electron chi connectivity index (χ3n) is 2.36. The number of carbonyl (C=O) groups is 2. The second-order valence-electron chi connectivity index (χ2n) is 3.58. The molecule has 2 unspecified atom stereocenters. The van der Waals surface area contributed by atoms with Crippen molar-refractivity contribution in [2.45, 2.75) is 31.8 Å². The van der Waals surface area contributed by atoms with Gasteiger partial charge < -0.3 is 9.47 Å². The first-order valence-electron chi connectivity index (χ1n) is 5.65. The van der Waals surface area contributed by atoms with Crippen molar-refractivity contribution in [2.75, 3.05) is 27.9 Å². The zero-order valence-corrected chi connectivity index (χ0v) is 11.2. The van der Waals surface area contributed by atoms with Gasteiger partial charge in [0.1, 0.15) is 6.04 Å². The Morgan fingerprint density at radius 3 is 2.28 bits per heavy atom. The number of ether oxygens (including phenoxy) is 2. The average Bonchev–Trinajstić information content (AvgIpc) is 2.40. The predicted octanol–water partition coefficient (Wildman–Crippen LogP) is 0.0373. The summed E-state index contributed by atoms with van der Waals surface area (Å²) in [7, 11) is 3.98. The van der Waals surface area contributed by atoms with Crippen LogP contribution < -0.4 is 5.32 Å². The molecule has 1 N–H and O–H groups in total. The molecule has 0 aromatic carbocycles. The Kier molecular flexibility index (Phi) is 9.17. The lowest BCUT2D eigenvalue weighted by molar-refractivity contribution is -0.276. The quantitative estimate of drug-likeness (QED) is 0.357. The van der Waals surface area contributed by atoms with Crippen molar-refractivity contribution in [3.63, 3.8) is 0 Å². The van der Waals surface area contributed by atoms with Gasteiger partial charge >= 0.3 is 11.9 Å². The fourth-order valence-electron chi connectivity index (χ4n) is 1.38. The topological polar surface area (TPSA) is 83.1 Å². The van der Waals surface area contributed by atoms with Crippen molar-refractivity contribution in [3.05, 3.63) is 0 Å². The van der Waals surface area contributed by atoms with Gasteiger partial charge in [0.05, 0.1) is 34.4 Å². The summed E-state index contributed by atoms with van der Waals surface area (Å²) in [6.45, 7) is 1.96. The fourth-order valence-corrected chi connectivity index (χ4v) is 1.38. The van der Waals surface area contributed by atoms with Gasteiger partial charge in [0.25, 0.3) is 0 Å². The Bertz CT molecular complexity index is 258. The molecule has 0 aromatic heterocycles. The number of carbonyl (C=O) groups excluding carboxylic acids is 2. The average molecular weight is 263 g/mol. The van der Waals surface area contributed by atoms with Crippen LogP contribution in [0.15, 0.2) is 0 Å². The lowest BCUT2D eigenvalue weighted by Gasteiger charge is -2.22. The molecule has 0 amide bonds. The van der Waals surface area contributed by atoms with E-state index < -0.39 is 12.0 Å². The summed E-state index contributed by atoms with van der Waals surface area (Å²) in [4.78, 5) is 31.9. The molecule has 7 nitrogen and oxygen atoms in total. The summed E-state index contributed by atoms with van der Waals surface area (Å²) >= 11 is 0. The van der Waals surface area contributed by atoms with E-state index in [0.29, 0.717) is 6.42 Å². The minimum absolute atomic E-state index is 0.0767. The summed E-state index contributed by atoms with van der Waals surface area (Å²) in [6.07, 6.45) is 0.616. The molecule has 7 heteroatoms. The number of esters is 2. The minimum Gasteiger partial charge on any atom is -0.469 e. The molecule has 0 aliphatic carbocycles. The molecule has 0 saturated carbocycles. The lowest BCUT2D eigenvalue weighted by Crippen LogP contribution is -2.46. The largest absolute Gasteiger partial charge is 0.469 e. The van der Waals surface area contributed by atoms with Crippen LogP contribution in [0, 0.1) is 0 Å². The van der Waals surface area contributed by atoms with Gasteiger partial charge in [-0.05, 0) is 6.42 Å². The number of nitrogens with one attached hydrogen (secondary N) is 1. The van der Waals surface area contributed by atoms with Crippen LogP contribution in [-0.2, 0) is 28.8 Å². The van der Waals surface area contributed by atoms with E-state index in [1.54, 1.807) is 0 Å². The van der Waals surface area contributed by atoms with Crippen molar-refractivity contribution in [1.82, 2.24) is 5.32 Å². The Labute approximate surface area is 107 Å². The molecule has 106 valence electrons. The molecular weight excluding hydrogens is 242 g/mol. The summed E-state index contributed by atoms with van der Waals surface area (Å²) < 4.78 is 9.22. The molecule has 2 atom stereocenters. The minimum atomic E-state index is -0.495. The monoisotopic (exact) mass is 263 g/mol. The van der Waals surface area contributed by atoms with E-state index in [0.717, 1.165) is 0 Å². The van der Waals surface area contributed by atoms with Gasteiger partial charge in [0, 0.05) is 6.04 Å². The summed E-state index contributed by atoms with van der Waals surface area (Å²) in [5.41, 5.74) is 0. The molecule has 0 rings (SSSR count). The summed E-state index contributed by atoms with van der Waals surface area (Å²) in [6, 6.07) is -0.883. The van der Waals surface area contributed by atoms with Crippen LogP contribution in [0.3, 0.4) is 0 Å². The number of hydrogen-bond donors (Lipinski definition) is 1. The first-order valence-corrected chi connectivity index (χ1v) is 5.65. The summed E-state index contributed by atoms with van der Waals surface area (Å²) in [5.74, 6) is -0.781. The molecule has 0 aromatic rings. The fraction of sp³-hybridized carbons (Fsp3) is 0.818. The highest BCUT2D eigenvalue weighted by molar-refractivity contribution is 5.76. The van der Waals surface area contributed by atoms with Gasteiger partial charge in [-0.25, -0.2) is 9.78 Å². The van der Waals surface area contributed by atoms with Gasteiger partial charge in [-0.1, -0.05) is 6.92 Å². The van der Waals surface area contributed by atoms with Crippen molar-refractivity contribution in [3.8, 4) is 0 Å². The Balaban J connectivity index is 4.43. The van der Waals surface area contributed by atoms with Crippen LogP contribution in [0.25, 0.3) is 0 Å². The Morgan fingerprint density at radius 1 is 1.17 bits per heavy atom. The molecule has 0 aliphatic rings. The molecule has 0 saturated heterocycles. The molecule has 0 heterocycles. The third-order valence-corrected chi connectivity index (χ3v) is 2.36. The van der Waals surface area contributed by atoms with Gasteiger partial charge in [0.15, 0.2) is 0 Å². The van der Waals surface area contributed by atoms with Crippen molar-refractivity contribution in [1.29, 1.82) is 0 Å². The molecule has 0 radical (unpaired) electrons. The van der Waals surface area contributed by atoms with Gasteiger partial charge in [-0.15, -0.1) is 0 Å². The summed E-state index contributed by atoms with van der Waals surface area (Å²) in [5, 5.41) is 2.97. The van der Waals surface area contributed by atoms with Crippen LogP contribution in [0.4, 0.5) is 0 Å². The van der Waals surface area contributed by atoms with Crippen LogP contribution in [0.5, 0.6) is 0 Å². The maximum atomic E-state index is 11.4. The standard InChI is InChI=1S/C11H21NO6/c1-5-9(11(14)16-3)12-8(7-18-17-4)6-10(13)15-2/h8-9,12H,5-7H2,1-4H3. The molecule has 0 spiro atoms. The lowest BCUT2D eigenvalue weighted by atomic mass is 10.1. The zero-order chi connectivity index (χ0) is 14.0. The van der Waals surface area contributed by atoms with Crippen LogP contribution in [0.1, 0.15) is 19.8 Å². The van der Waals surface area contributed by atoms with E-state index >= 15 is 0 Å². The SMILES string of the molecule is CCC(NC(COOC)CC(=O)OC)C(=O)OC. The first kappa shape index (κ1) is 16.8. The van der Waals surface area contributed by atoms with Crippen LogP contribution >= 0.6 is 0 Å². The highest BCUT2D eigenvalue weighted by atomic mass is 17.2. The van der Waals surface area contributed by atoms with Crippen molar-refractivity contribution < 1.29 is 28.8 Å². The van der Waals surface area contributed by atoms with E-state index in [9.17, 15) is 9.59 Å². The first-order chi connectivity index (χ1) is 8.58. The maximum Gasteiger partial charge on any atom is 0.322 e. The molecule has 0 bridgehead atoms. The molecule has 0 aliphatic heterocycles. The molecular formula is C11H21NO6.